The number of esters is 1. The van der Waals surface area contributed by atoms with Gasteiger partial charge in [0.1, 0.15) is 12.1 Å². The van der Waals surface area contributed by atoms with Crippen molar-refractivity contribution in [2.75, 3.05) is 26.3 Å². The van der Waals surface area contributed by atoms with Crippen LogP contribution in [0.2, 0.25) is 0 Å². The SMILES string of the molecule is C#CCOC(=O)C1CCCCN1C(=O)C1CCCCN1C(=O)OCC#C. The highest BCUT2D eigenvalue weighted by Crippen LogP contribution is 2.25. The Bertz CT molecular complexity index is 566. The van der Waals surface area contributed by atoms with E-state index < -0.39 is 24.1 Å². The molecule has 7 nitrogen and oxygen atoms in total. The van der Waals surface area contributed by atoms with Crippen LogP contribution in [0.4, 0.5) is 4.79 Å². The van der Waals surface area contributed by atoms with Crippen molar-refractivity contribution in [3.63, 3.8) is 0 Å². The largest absolute Gasteiger partial charge is 0.451 e. The van der Waals surface area contributed by atoms with Crippen molar-refractivity contribution in [2.24, 2.45) is 0 Å². The van der Waals surface area contributed by atoms with Crippen LogP contribution in [0.25, 0.3) is 0 Å². The van der Waals surface area contributed by atoms with Gasteiger partial charge in [-0.2, -0.15) is 0 Å². The molecule has 0 bridgehead atoms. The summed E-state index contributed by atoms with van der Waals surface area (Å²) in [5, 5.41) is 0. The van der Waals surface area contributed by atoms with Crippen molar-refractivity contribution < 1.29 is 23.9 Å². The molecule has 0 N–H and O–H groups in total. The summed E-state index contributed by atoms with van der Waals surface area (Å²) in [6.07, 6.45) is 14.0. The maximum atomic E-state index is 13.1. The molecule has 2 atom stereocenters. The number of rotatable bonds is 4. The van der Waals surface area contributed by atoms with E-state index in [4.69, 9.17) is 22.3 Å². The minimum absolute atomic E-state index is 0.120. The summed E-state index contributed by atoms with van der Waals surface area (Å²) in [7, 11) is 0. The average Bonchev–Trinajstić information content (AvgIpc) is 2.69. The number of hydrogen-bond donors (Lipinski definition) is 0. The quantitative estimate of drug-likeness (QED) is 0.556. The van der Waals surface area contributed by atoms with Crippen LogP contribution in [-0.2, 0) is 19.1 Å². The first-order valence-electron chi connectivity index (χ1n) is 8.87. The van der Waals surface area contributed by atoms with Gasteiger partial charge in [-0.25, -0.2) is 9.59 Å². The second-order valence-corrected chi connectivity index (χ2v) is 6.32. The highest BCUT2D eigenvalue weighted by molar-refractivity contribution is 5.90. The maximum absolute atomic E-state index is 13.1. The Morgan fingerprint density at radius 1 is 0.846 bits per heavy atom. The van der Waals surface area contributed by atoms with Gasteiger partial charge in [0.15, 0.2) is 13.2 Å². The fourth-order valence-electron chi connectivity index (χ4n) is 3.43. The molecule has 2 aliphatic rings. The molecule has 26 heavy (non-hydrogen) atoms. The first kappa shape index (κ1) is 19.7. The highest BCUT2D eigenvalue weighted by atomic mass is 16.6. The first-order chi connectivity index (χ1) is 12.6. The normalized spacial score (nSPS) is 22.7. The van der Waals surface area contributed by atoms with Gasteiger partial charge in [-0.3, -0.25) is 9.69 Å². The third kappa shape index (κ3) is 4.70. The Kier molecular flexibility index (Phi) is 7.35. The van der Waals surface area contributed by atoms with Crippen molar-refractivity contribution in [3.8, 4) is 24.7 Å². The van der Waals surface area contributed by atoms with E-state index in [9.17, 15) is 14.4 Å². The molecule has 2 rings (SSSR count). The molecule has 2 amide bonds. The molecule has 0 spiro atoms. The Hall–Kier alpha value is -2.67. The van der Waals surface area contributed by atoms with Gasteiger partial charge in [0, 0.05) is 13.1 Å². The lowest BCUT2D eigenvalue weighted by atomic mass is 9.97. The minimum Gasteiger partial charge on any atom is -0.451 e. The van der Waals surface area contributed by atoms with Crippen LogP contribution in [0, 0.1) is 24.7 Å². The average molecular weight is 360 g/mol. The molecule has 0 aromatic carbocycles. The van der Waals surface area contributed by atoms with E-state index in [-0.39, 0.29) is 19.1 Å². The fourth-order valence-corrected chi connectivity index (χ4v) is 3.43. The van der Waals surface area contributed by atoms with E-state index in [1.165, 1.54) is 9.80 Å². The number of ether oxygens (including phenoxy) is 2. The van der Waals surface area contributed by atoms with E-state index in [2.05, 4.69) is 11.8 Å². The molecule has 2 heterocycles. The zero-order valence-electron chi connectivity index (χ0n) is 14.8. The molecule has 140 valence electrons. The predicted molar refractivity (Wildman–Crippen MR) is 93.7 cm³/mol. The summed E-state index contributed by atoms with van der Waals surface area (Å²) >= 11 is 0. The van der Waals surface area contributed by atoms with Crippen molar-refractivity contribution in [3.05, 3.63) is 0 Å². The molecule has 7 heteroatoms. The number of likely N-dealkylation sites (tertiary alicyclic amines) is 2. The Balaban J connectivity index is 2.12. The first-order valence-corrected chi connectivity index (χ1v) is 8.87. The Labute approximate surface area is 154 Å². The Morgan fingerprint density at radius 3 is 2.08 bits per heavy atom. The molecule has 0 radical (unpaired) electrons. The van der Waals surface area contributed by atoms with Gasteiger partial charge in [-0.1, -0.05) is 11.8 Å². The lowest BCUT2D eigenvalue weighted by Crippen LogP contribution is -2.58. The van der Waals surface area contributed by atoms with Crippen LogP contribution in [0.5, 0.6) is 0 Å². The lowest BCUT2D eigenvalue weighted by Gasteiger charge is -2.40. The number of piperidine rings is 2. The molecule has 0 aliphatic carbocycles. The maximum Gasteiger partial charge on any atom is 0.411 e. The molecule has 0 aromatic rings. The number of carbonyl (C=O) groups excluding carboxylic acids is 3. The van der Waals surface area contributed by atoms with E-state index in [0.29, 0.717) is 25.9 Å². The van der Waals surface area contributed by atoms with Crippen molar-refractivity contribution >= 4 is 18.0 Å². The molecule has 0 aromatic heterocycles. The summed E-state index contributed by atoms with van der Waals surface area (Å²) < 4.78 is 10.0. The summed E-state index contributed by atoms with van der Waals surface area (Å²) in [5.41, 5.74) is 0. The molecular formula is C19H24N2O5. The zero-order valence-corrected chi connectivity index (χ0v) is 14.8. The molecule has 0 saturated carbocycles. The van der Waals surface area contributed by atoms with Crippen LogP contribution in [0.1, 0.15) is 38.5 Å². The van der Waals surface area contributed by atoms with E-state index in [0.717, 1.165) is 25.7 Å². The zero-order chi connectivity index (χ0) is 18.9. The number of terminal acetylenes is 2. The lowest BCUT2D eigenvalue weighted by molar-refractivity contribution is -0.158. The summed E-state index contributed by atoms with van der Waals surface area (Å²) in [6.45, 7) is 0.630. The fraction of sp³-hybridized carbons (Fsp3) is 0.632. The van der Waals surface area contributed by atoms with Crippen LogP contribution >= 0.6 is 0 Å². The van der Waals surface area contributed by atoms with Gasteiger partial charge in [0.25, 0.3) is 0 Å². The van der Waals surface area contributed by atoms with Gasteiger partial charge >= 0.3 is 12.1 Å². The standard InChI is InChI=1S/C19H24N2O5/c1-3-13-25-18(23)16-10-6-7-11-20(16)17(22)15-9-5-8-12-21(15)19(24)26-14-4-2/h1-2,15-16H,5-14H2. The van der Waals surface area contributed by atoms with Gasteiger partial charge in [0.2, 0.25) is 5.91 Å². The van der Waals surface area contributed by atoms with Crippen LogP contribution < -0.4 is 0 Å². The highest BCUT2D eigenvalue weighted by Gasteiger charge is 2.40. The van der Waals surface area contributed by atoms with Crippen molar-refractivity contribution in [2.45, 2.75) is 50.6 Å². The minimum atomic E-state index is -0.657. The topological polar surface area (TPSA) is 76.2 Å². The summed E-state index contributed by atoms with van der Waals surface area (Å²) in [4.78, 5) is 40.6. The molecular weight excluding hydrogens is 336 g/mol. The van der Waals surface area contributed by atoms with E-state index in [1.807, 2.05) is 0 Å². The van der Waals surface area contributed by atoms with Crippen LogP contribution in [0.3, 0.4) is 0 Å². The molecule has 2 unspecified atom stereocenters. The predicted octanol–water partition coefficient (Wildman–Crippen LogP) is 1.17. The number of nitrogens with zero attached hydrogens (tertiary/aromatic N) is 2. The monoisotopic (exact) mass is 360 g/mol. The number of carbonyl (C=O) groups is 3. The smallest absolute Gasteiger partial charge is 0.411 e. The van der Waals surface area contributed by atoms with E-state index >= 15 is 0 Å². The van der Waals surface area contributed by atoms with Gasteiger partial charge in [-0.15, -0.1) is 12.8 Å². The second-order valence-electron chi connectivity index (χ2n) is 6.32. The van der Waals surface area contributed by atoms with Crippen LogP contribution in [-0.4, -0.2) is 66.2 Å². The third-order valence-corrected chi connectivity index (χ3v) is 4.66. The van der Waals surface area contributed by atoms with E-state index in [1.54, 1.807) is 0 Å². The van der Waals surface area contributed by atoms with Gasteiger partial charge < -0.3 is 14.4 Å². The summed E-state index contributed by atoms with van der Waals surface area (Å²) in [5.74, 6) is 3.76. The number of hydrogen-bond acceptors (Lipinski definition) is 5. The van der Waals surface area contributed by atoms with Gasteiger partial charge in [0.05, 0.1) is 0 Å². The van der Waals surface area contributed by atoms with Crippen molar-refractivity contribution in [1.29, 1.82) is 0 Å². The Morgan fingerprint density at radius 2 is 1.42 bits per heavy atom. The van der Waals surface area contributed by atoms with Crippen molar-refractivity contribution in [1.82, 2.24) is 9.80 Å². The third-order valence-electron chi connectivity index (χ3n) is 4.66. The molecule has 2 saturated heterocycles. The van der Waals surface area contributed by atoms with Gasteiger partial charge in [-0.05, 0) is 38.5 Å². The second kappa shape index (κ2) is 9.72. The summed E-state index contributed by atoms with van der Waals surface area (Å²) in [6, 6.07) is -1.30. The molecule has 2 aliphatic heterocycles. The number of amides is 2. The van der Waals surface area contributed by atoms with Crippen LogP contribution in [0.15, 0.2) is 0 Å². The molecule has 2 fully saturated rings.